The molecular formula is C22H21N3O3. The molecule has 0 saturated carbocycles. The summed E-state index contributed by atoms with van der Waals surface area (Å²) in [6.45, 7) is 0.713. The van der Waals surface area contributed by atoms with Crippen LogP contribution in [0.1, 0.15) is 17.2 Å². The summed E-state index contributed by atoms with van der Waals surface area (Å²) in [6, 6.07) is 12.3. The molecule has 0 radical (unpaired) electrons. The second-order valence-corrected chi connectivity index (χ2v) is 6.48. The average Bonchev–Trinajstić information content (AvgIpc) is 2.73. The van der Waals surface area contributed by atoms with Crippen LogP contribution in [-0.4, -0.2) is 28.9 Å². The first kappa shape index (κ1) is 17.7. The number of aromatic nitrogens is 1. The molecule has 4 N–H and O–H groups in total. The van der Waals surface area contributed by atoms with E-state index in [1.54, 1.807) is 18.3 Å². The zero-order chi connectivity index (χ0) is 19.5. The zero-order valence-electron chi connectivity index (χ0n) is 15.4. The molecule has 0 fully saturated rings. The van der Waals surface area contributed by atoms with E-state index < -0.39 is 6.04 Å². The predicted molar refractivity (Wildman–Crippen MR) is 108 cm³/mol. The molecule has 0 amide bonds. The maximum Gasteiger partial charge on any atom is 0.160 e. The van der Waals surface area contributed by atoms with Gasteiger partial charge < -0.3 is 25.6 Å². The fourth-order valence-corrected chi connectivity index (χ4v) is 3.32. The van der Waals surface area contributed by atoms with E-state index in [2.05, 4.69) is 15.6 Å². The van der Waals surface area contributed by atoms with Gasteiger partial charge in [0, 0.05) is 23.7 Å². The number of dihydropyridines is 1. The fraction of sp³-hybridized carbons (Fsp3) is 0.136. The van der Waals surface area contributed by atoms with Crippen LogP contribution in [0.2, 0.25) is 0 Å². The summed E-state index contributed by atoms with van der Waals surface area (Å²) in [5, 5.41) is 28.7. The first-order valence-corrected chi connectivity index (χ1v) is 8.98. The van der Waals surface area contributed by atoms with Crippen LogP contribution in [-0.2, 0) is 0 Å². The van der Waals surface area contributed by atoms with Crippen molar-refractivity contribution in [1.82, 2.24) is 15.6 Å². The molecule has 0 aliphatic carbocycles. The molecule has 0 spiro atoms. The van der Waals surface area contributed by atoms with E-state index in [9.17, 15) is 10.2 Å². The van der Waals surface area contributed by atoms with Crippen molar-refractivity contribution in [1.29, 1.82) is 0 Å². The Balaban J connectivity index is 1.83. The Hall–Kier alpha value is -3.67. The van der Waals surface area contributed by atoms with E-state index >= 15 is 0 Å². The van der Waals surface area contributed by atoms with Crippen LogP contribution >= 0.6 is 0 Å². The number of aromatic hydroxyl groups is 2. The molecule has 1 aliphatic heterocycles. The fourth-order valence-electron chi connectivity index (χ4n) is 3.32. The third-order valence-corrected chi connectivity index (χ3v) is 4.74. The standard InChI is InChI=1S/C22H21N3O3/c1-28-18-10-8-15(13-17(18)26)20(25-19-6-2-3-11-23-19)16-9-7-14-5-4-12-24-21(14)22(16)27/h2-10,12-13,20,23,25-27H,11H2,1H3. The molecule has 142 valence electrons. The number of phenolic OH excluding ortho intramolecular Hbond substituents is 2. The Bertz CT molecular complexity index is 1080. The van der Waals surface area contributed by atoms with Crippen LogP contribution in [0, 0.1) is 0 Å². The Morgan fingerprint density at radius 1 is 1.18 bits per heavy atom. The largest absolute Gasteiger partial charge is 0.505 e. The van der Waals surface area contributed by atoms with Crippen LogP contribution in [0.25, 0.3) is 10.9 Å². The Labute approximate surface area is 162 Å². The maximum atomic E-state index is 10.9. The average molecular weight is 375 g/mol. The van der Waals surface area contributed by atoms with E-state index in [0.29, 0.717) is 23.4 Å². The van der Waals surface area contributed by atoms with E-state index in [4.69, 9.17) is 4.74 Å². The molecule has 0 saturated heterocycles. The van der Waals surface area contributed by atoms with E-state index in [1.807, 2.05) is 48.6 Å². The lowest BCUT2D eigenvalue weighted by Crippen LogP contribution is -2.31. The molecule has 1 unspecified atom stereocenters. The van der Waals surface area contributed by atoms with Gasteiger partial charge in [-0.15, -0.1) is 0 Å². The molecule has 0 bridgehead atoms. The number of nitrogens with one attached hydrogen (secondary N) is 2. The third kappa shape index (κ3) is 3.32. The maximum absolute atomic E-state index is 10.9. The Kier molecular flexibility index (Phi) is 4.76. The van der Waals surface area contributed by atoms with Gasteiger partial charge in [0.15, 0.2) is 11.5 Å². The van der Waals surface area contributed by atoms with Crippen molar-refractivity contribution in [3.05, 3.63) is 83.8 Å². The van der Waals surface area contributed by atoms with Gasteiger partial charge in [-0.3, -0.25) is 4.98 Å². The van der Waals surface area contributed by atoms with E-state index in [1.165, 1.54) is 7.11 Å². The van der Waals surface area contributed by atoms with Gasteiger partial charge >= 0.3 is 0 Å². The highest BCUT2D eigenvalue weighted by Crippen LogP contribution is 2.37. The Morgan fingerprint density at radius 2 is 2.07 bits per heavy atom. The predicted octanol–water partition coefficient (Wildman–Crippen LogP) is 3.33. The number of hydrogen-bond donors (Lipinski definition) is 4. The number of hydrogen-bond acceptors (Lipinski definition) is 6. The van der Waals surface area contributed by atoms with Gasteiger partial charge in [0.1, 0.15) is 11.3 Å². The number of rotatable bonds is 5. The topological polar surface area (TPSA) is 86.6 Å². The van der Waals surface area contributed by atoms with Crippen LogP contribution in [0.15, 0.2) is 72.7 Å². The molecular weight excluding hydrogens is 354 g/mol. The minimum atomic E-state index is -0.409. The molecule has 2 heterocycles. The van der Waals surface area contributed by atoms with Crippen molar-refractivity contribution in [3.63, 3.8) is 0 Å². The Morgan fingerprint density at radius 3 is 2.82 bits per heavy atom. The van der Waals surface area contributed by atoms with Gasteiger partial charge in [0.2, 0.25) is 0 Å². The van der Waals surface area contributed by atoms with Gasteiger partial charge in [0.25, 0.3) is 0 Å². The third-order valence-electron chi connectivity index (χ3n) is 4.74. The monoisotopic (exact) mass is 375 g/mol. The lowest BCUT2D eigenvalue weighted by Gasteiger charge is -2.25. The van der Waals surface area contributed by atoms with Gasteiger partial charge in [-0.25, -0.2) is 0 Å². The summed E-state index contributed by atoms with van der Waals surface area (Å²) in [4.78, 5) is 4.32. The van der Waals surface area contributed by atoms with Gasteiger partial charge in [-0.05, 0) is 29.8 Å². The first-order chi connectivity index (χ1) is 13.7. The highest BCUT2D eigenvalue weighted by atomic mass is 16.5. The summed E-state index contributed by atoms with van der Waals surface area (Å²) in [5.41, 5.74) is 1.98. The quantitative estimate of drug-likeness (QED) is 0.547. The van der Waals surface area contributed by atoms with Crippen molar-refractivity contribution in [3.8, 4) is 17.2 Å². The molecule has 4 rings (SSSR count). The number of ether oxygens (including phenoxy) is 1. The summed E-state index contributed by atoms with van der Waals surface area (Å²) < 4.78 is 5.15. The van der Waals surface area contributed by atoms with Crippen LogP contribution in [0.5, 0.6) is 17.2 Å². The number of methoxy groups -OCH3 is 1. The molecule has 2 aromatic carbocycles. The lowest BCUT2D eigenvalue weighted by atomic mass is 9.95. The molecule has 1 aromatic heterocycles. The number of allylic oxidation sites excluding steroid dienone is 2. The van der Waals surface area contributed by atoms with Crippen molar-refractivity contribution >= 4 is 10.9 Å². The second-order valence-electron chi connectivity index (χ2n) is 6.48. The van der Waals surface area contributed by atoms with Crippen LogP contribution in [0.3, 0.4) is 0 Å². The molecule has 6 nitrogen and oxygen atoms in total. The van der Waals surface area contributed by atoms with Crippen molar-refractivity contribution in [2.24, 2.45) is 0 Å². The molecule has 3 aromatic rings. The van der Waals surface area contributed by atoms with Crippen molar-refractivity contribution < 1.29 is 14.9 Å². The summed E-state index contributed by atoms with van der Waals surface area (Å²) in [5.74, 6) is 1.36. The van der Waals surface area contributed by atoms with Crippen LogP contribution in [0.4, 0.5) is 0 Å². The van der Waals surface area contributed by atoms with Crippen molar-refractivity contribution in [2.75, 3.05) is 13.7 Å². The number of pyridine rings is 1. The van der Waals surface area contributed by atoms with Crippen LogP contribution < -0.4 is 15.4 Å². The molecule has 6 heteroatoms. The normalized spacial score (nSPS) is 14.2. The summed E-state index contributed by atoms with van der Waals surface area (Å²) in [7, 11) is 1.51. The SMILES string of the molecule is COc1ccc(C(NC2=CC=CCN2)c2ccc3cccnc3c2O)cc1O. The summed E-state index contributed by atoms with van der Waals surface area (Å²) in [6.07, 6.45) is 7.56. The number of nitrogens with zero attached hydrogens (tertiary/aromatic N) is 1. The van der Waals surface area contributed by atoms with Gasteiger partial charge in [0.05, 0.1) is 19.0 Å². The number of benzene rings is 2. The molecule has 28 heavy (non-hydrogen) atoms. The second kappa shape index (κ2) is 7.52. The van der Waals surface area contributed by atoms with E-state index in [-0.39, 0.29) is 11.5 Å². The molecule has 1 aliphatic rings. The summed E-state index contributed by atoms with van der Waals surface area (Å²) >= 11 is 0. The molecule has 1 atom stereocenters. The van der Waals surface area contributed by atoms with Gasteiger partial charge in [-0.1, -0.05) is 36.4 Å². The first-order valence-electron chi connectivity index (χ1n) is 8.98. The number of phenols is 2. The highest BCUT2D eigenvalue weighted by Gasteiger charge is 2.22. The van der Waals surface area contributed by atoms with E-state index in [0.717, 1.165) is 16.8 Å². The zero-order valence-corrected chi connectivity index (χ0v) is 15.4. The minimum Gasteiger partial charge on any atom is -0.505 e. The van der Waals surface area contributed by atoms with Gasteiger partial charge in [-0.2, -0.15) is 0 Å². The highest BCUT2D eigenvalue weighted by molar-refractivity contribution is 5.85. The number of fused-ring (bicyclic) bond motifs is 1. The minimum absolute atomic E-state index is 0.0377. The lowest BCUT2D eigenvalue weighted by molar-refractivity contribution is 0.372. The smallest absolute Gasteiger partial charge is 0.160 e. The van der Waals surface area contributed by atoms with Crippen molar-refractivity contribution in [2.45, 2.75) is 6.04 Å².